The molecule has 106 valence electrons. The van der Waals surface area contributed by atoms with E-state index in [-0.39, 0.29) is 22.5 Å². The van der Waals surface area contributed by atoms with Crippen LogP contribution in [0.1, 0.15) is 6.42 Å². The molecule has 0 radical (unpaired) electrons. The molecule has 20 heavy (non-hydrogen) atoms. The largest absolute Gasteiger partial charge is 0.338 e. The van der Waals surface area contributed by atoms with Crippen molar-refractivity contribution in [2.24, 2.45) is 5.73 Å². The second kappa shape index (κ2) is 4.99. The summed E-state index contributed by atoms with van der Waals surface area (Å²) < 4.78 is 27.2. The Balaban J connectivity index is 1.92. The van der Waals surface area contributed by atoms with E-state index < -0.39 is 11.6 Å². The topological polar surface area (TPSA) is 70.8 Å². The molecule has 0 spiro atoms. The molecule has 1 aliphatic rings. The van der Waals surface area contributed by atoms with Gasteiger partial charge in [0.1, 0.15) is 11.6 Å². The van der Waals surface area contributed by atoms with Crippen LogP contribution < -0.4 is 10.6 Å². The van der Waals surface area contributed by atoms with E-state index in [1.54, 1.807) is 0 Å². The van der Waals surface area contributed by atoms with Crippen LogP contribution in [0.15, 0.2) is 12.1 Å². The maximum atomic E-state index is 13.8. The number of hydrogen-bond donors (Lipinski definition) is 2. The van der Waals surface area contributed by atoms with Gasteiger partial charge in [0.05, 0.1) is 10.6 Å². The molecule has 0 saturated carbocycles. The minimum absolute atomic E-state index is 0.00542. The van der Waals surface area contributed by atoms with E-state index in [0.29, 0.717) is 12.5 Å². The molecular weight excluding hydrogens is 288 g/mol. The van der Waals surface area contributed by atoms with Crippen LogP contribution in [0.25, 0.3) is 11.4 Å². The van der Waals surface area contributed by atoms with Gasteiger partial charge in [-0.2, -0.15) is 4.98 Å². The first-order valence-corrected chi connectivity index (χ1v) is 6.50. The first kappa shape index (κ1) is 13.3. The van der Waals surface area contributed by atoms with Crippen LogP contribution in [0.3, 0.4) is 0 Å². The Hall–Kier alpha value is -1.73. The van der Waals surface area contributed by atoms with Crippen molar-refractivity contribution in [3.63, 3.8) is 0 Å². The standard InChI is InChI=1S/C12H12ClF2N5/c13-8-4-9(14)7(3-10(8)15)11-17-12(19-18-11)20-2-1-6(16)5-20/h3-4,6H,1-2,5,16H2,(H,17,18,19). The van der Waals surface area contributed by atoms with Crippen molar-refractivity contribution in [1.29, 1.82) is 0 Å². The summed E-state index contributed by atoms with van der Waals surface area (Å²) in [6.07, 6.45) is 0.855. The van der Waals surface area contributed by atoms with Gasteiger partial charge in [0, 0.05) is 19.1 Å². The number of halogens is 3. The van der Waals surface area contributed by atoms with Crippen molar-refractivity contribution >= 4 is 17.5 Å². The van der Waals surface area contributed by atoms with Gasteiger partial charge in [-0.05, 0) is 18.6 Å². The predicted octanol–water partition coefficient (Wildman–Crippen LogP) is 1.94. The number of nitrogens with zero attached hydrogens (tertiary/aromatic N) is 3. The van der Waals surface area contributed by atoms with E-state index in [9.17, 15) is 8.78 Å². The van der Waals surface area contributed by atoms with Gasteiger partial charge in [0.2, 0.25) is 5.95 Å². The summed E-state index contributed by atoms with van der Waals surface area (Å²) in [6.45, 7) is 1.39. The molecule has 3 N–H and O–H groups in total. The zero-order valence-corrected chi connectivity index (χ0v) is 11.2. The van der Waals surface area contributed by atoms with E-state index in [0.717, 1.165) is 25.1 Å². The molecule has 1 aromatic carbocycles. The highest BCUT2D eigenvalue weighted by Gasteiger charge is 2.23. The molecule has 0 amide bonds. The first-order chi connectivity index (χ1) is 9.54. The highest BCUT2D eigenvalue weighted by Crippen LogP contribution is 2.27. The zero-order valence-electron chi connectivity index (χ0n) is 10.4. The van der Waals surface area contributed by atoms with Crippen molar-refractivity contribution in [3.8, 4) is 11.4 Å². The van der Waals surface area contributed by atoms with Crippen LogP contribution in [0.5, 0.6) is 0 Å². The number of H-pyrrole nitrogens is 1. The van der Waals surface area contributed by atoms with Crippen LogP contribution in [0.4, 0.5) is 14.7 Å². The van der Waals surface area contributed by atoms with Crippen LogP contribution in [-0.2, 0) is 0 Å². The van der Waals surface area contributed by atoms with Gasteiger partial charge in [-0.3, -0.25) is 5.10 Å². The highest BCUT2D eigenvalue weighted by molar-refractivity contribution is 6.30. The summed E-state index contributed by atoms with van der Waals surface area (Å²) in [5, 5.41) is 6.36. The fourth-order valence-corrected chi connectivity index (χ4v) is 2.34. The smallest absolute Gasteiger partial charge is 0.245 e. The lowest BCUT2D eigenvalue weighted by Crippen LogP contribution is -2.26. The molecular formula is C12H12ClF2N5. The Morgan fingerprint density at radius 3 is 2.85 bits per heavy atom. The van der Waals surface area contributed by atoms with E-state index in [1.807, 2.05) is 4.90 Å². The lowest BCUT2D eigenvalue weighted by atomic mass is 10.2. The summed E-state index contributed by atoms with van der Waals surface area (Å²) in [4.78, 5) is 6.08. The van der Waals surface area contributed by atoms with Gasteiger partial charge in [-0.15, -0.1) is 5.10 Å². The van der Waals surface area contributed by atoms with Crippen LogP contribution in [-0.4, -0.2) is 34.3 Å². The van der Waals surface area contributed by atoms with E-state index in [2.05, 4.69) is 15.2 Å². The number of aromatic amines is 1. The first-order valence-electron chi connectivity index (χ1n) is 6.12. The zero-order chi connectivity index (χ0) is 14.3. The molecule has 1 aliphatic heterocycles. The Bertz CT molecular complexity index is 645. The minimum atomic E-state index is -0.704. The Morgan fingerprint density at radius 2 is 2.15 bits per heavy atom. The molecule has 2 heterocycles. The van der Waals surface area contributed by atoms with Gasteiger partial charge in [0.15, 0.2) is 5.82 Å². The Labute approximate surface area is 118 Å². The number of nitrogens with two attached hydrogens (primary N) is 1. The maximum Gasteiger partial charge on any atom is 0.245 e. The average molecular weight is 300 g/mol. The molecule has 1 unspecified atom stereocenters. The van der Waals surface area contributed by atoms with Gasteiger partial charge in [-0.1, -0.05) is 11.6 Å². The number of rotatable bonds is 2. The number of hydrogen-bond acceptors (Lipinski definition) is 4. The molecule has 3 rings (SSSR count). The molecule has 1 atom stereocenters. The summed E-state index contributed by atoms with van der Waals surface area (Å²) in [7, 11) is 0. The number of aromatic nitrogens is 3. The summed E-state index contributed by atoms with van der Waals surface area (Å²) >= 11 is 5.51. The molecule has 2 aromatic rings. The monoisotopic (exact) mass is 299 g/mol. The lowest BCUT2D eigenvalue weighted by molar-refractivity contribution is 0.602. The van der Waals surface area contributed by atoms with Crippen LogP contribution >= 0.6 is 11.6 Å². The summed E-state index contributed by atoms with van der Waals surface area (Å²) in [6, 6.07) is 2.00. The third kappa shape index (κ3) is 2.34. The molecule has 1 fully saturated rings. The molecule has 5 nitrogen and oxygen atoms in total. The average Bonchev–Trinajstić information content (AvgIpc) is 3.02. The SMILES string of the molecule is NC1CCN(c2n[nH]c(-c3cc(F)c(Cl)cc3F)n2)C1. The van der Waals surface area contributed by atoms with E-state index >= 15 is 0 Å². The quantitative estimate of drug-likeness (QED) is 0.832. The van der Waals surface area contributed by atoms with Gasteiger partial charge < -0.3 is 10.6 Å². The van der Waals surface area contributed by atoms with Gasteiger partial charge in [0.25, 0.3) is 0 Å². The van der Waals surface area contributed by atoms with Gasteiger partial charge in [-0.25, -0.2) is 8.78 Å². The predicted molar refractivity (Wildman–Crippen MR) is 71.6 cm³/mol. The van der Waals surface area contributed by atoms with Crippen molar-refractivity contribution < 1.29 is 8.78 Å². The van der Waals surface area contributed by atoms with Crippen LogP contribution in [0, 0.1) is 11.6 Å². The summed E-state index contributed by atoms with van der Waals surface area (Å²) in [5.41, 5.74) is 5.80. The normalized spacial score (nSPS) is 18.8. The van der Waals surface area contributed by atoms with E-state index in [4.69, 9.17) is 17.3 Å². The fraction of sp³-hybridized carbons (Fsp3) is 0.333. The number of anilines is 1. The molecule has 8 heteroatoms. The number of benzene rings is 1. The third-order valence-corrected chi connectivity index (χ3v) is 3.54. The highest BCUT2D eigenvalue weighted by atomic mass is 35.5. The maximum absolute atomic E-state index is 13.8. The van der Waals surface area contributed by atoms with Crippen molar-refractivity contribution in [3.05, 3.63) is 28.8 Å². The van der Waals surface area contributed by atoms with Crippen molar-refractivity contribution in [2.75, 3.05) is 18.0 Å². The molecule has 1 aromatic heterocycles. The molecule has 0 aliphatic carbocycles. The fourth-order valence-electron chi connectivity index (χ4n) is 2.19. The Morgan fingerprint density at radius 1 is 1.35 bits per heavy atom. The van der Waals surface area contributed by atoms with Gasteiger partial charge >= 0.3 is 0 Å². The minimum Gasteiger partial charge on any atom is -0.338 e. The number of nitrogens with one attached hydrogen (secondary N) is 1. The van der Waals surface area contributed by atoms with Crippen LogP contribution in [0.2, 0.25) is 5.02 Å². The second-order valence-electron chi connectivity index (χ2n) is 4.72. The van der Waals surface area contributed by atoms with Crippen molar-refractivity contribution in [2.45, 2.75) is 12.5 Å². The van der Waals surface area contributed by atoms with Crippen molar-refractivity contribution in [1.82, 2.24) is 15.2 Å². The molecule has 0 bridgehead atoms. The Kier molecular flexibility index (Phi) is 3.31. The third-order valence-electron chi connectivity index (χ3n) is 3.25. The lowest BCUT2D eigenvalue weighted by Gasteiger charge is -2.11. The summed E-state index contributed by atoms with van der Waals surface area (Å²) in [5.74, 6) is -0.766. The molecule has 1 saturated heterocycles. The van der Waals surface area contributed by atoms with E-state index in [1.165, 1.54) is 0 Å². The second-order valence-corrected chi connectivity index (χ2v) is 5.13.